The molecule has 0 amide bonds. The number of hydrogen-bond acceptors (Lipinski definition) is 7. The van der Waals surface area contributed by atoms with Crippen LogP contribution in [-0.2, 0) is 0 Å². The van der Waals surface area contributed by atoms with Crippen LogP contribution in [0, 0.1) is 0 Å². The van der Waals surface area contributed by atoms with Crippen molar-refractivity contribution < 1.29 is 15.3 Å². The summed E-state index contributed by atoms with van der Waals surface area (Å²) >= 11 is 0. The summed E-state index contributed by atoms with van der Waals surface area (Å²) in [5.74, 6) is 0. The number of rotatable bonds is 6. The summed E-state index contributed by atoms with van der Waals surface area (Å²) in [5.41, 5.74) is 19.5. The van der Waals surface area contributed by atoms with Crippen LogP contribution in [0.2, 0.25) is 0 Å². The standard InChI is InChI=1S/C16H22N4O3/c17-10-1-4-12(5-2-10)20(7-8-21)16(23)15(22)13-9-11(18)3-6-14(13)19/h1-6,9,15-16,21-23H,7-8,17-19H2. The fourth-order valence-electron chi connectivity index (χ4n) is 2.37. The second-order valence-corrected chi connectivity index (χ2v) is 5.26. The van der Waals surface area contributed by atoms with Crippen molar-refractivity contribution in [3.63, 3.8) is 0 Å². The summed E-state index contributed by atoms with van der Waals surface area (Å²) in [6, 6.07) is 11.4. The van der Waals surface area contributed by atoms with Crippen LogP contribution >= 0.6 is 0 Å². The van der Waals surface area contributed by atoms with Crippen molar-refractivity contribution in [1.82, 2.24) is 0 Å². The molecule has 0 spiro atoms. The average molecular weight is 318 g/mol. The monoisotopic (exact) mass is 318 g/mol. The van der Waals surface area contributed by atoms with Gasteiger partial charge in [-0.1, -0.05) is 0 Å². The predicted octanol–water partition coefficient (Wildman–Crippen LogP) is 0.284. The van der Waals surface area contributed by atoms with E-state index in [0.717, 1.165) is 0 Å². The van der Waals surface area contributed by atoms with Gasteiger partial charge in [-0.05, 0) is 42.5 Å². The minimum atomic E-state index is -1.31. The topological polar surface area (TPSA) is 142 Å². The second-order valence-electron chi connectivity index (χ2n) is 5.26. The predicted molar refractivity (Wildman–Crippen MR) is 91.5 cm³/mol. The Morgan fingerprint density at radius 3 is 2.13 bits per heavy atom. The molecule has 2 unspecified atom stereocenters. The van der Waals surface area contributed by atoms with Gasteiger partial charge in [0.05, 0.1) is 6.61 Å². The maximum Gasteiger partial charge on any atom is 0.157 e. The third kappa shape index (κ3) is 3.84. The van der Waals surface area contributed by atoms with Gasteiger partial charge in [0, 0.05) is 34.9 Å². The average Bonchev–Trinajstić information content (AvgIpc) is 2.54. The first-order valence-electron chi connectivity index (χ1n) is 7.18. The zero-order valence-corrected chi connectivity index (χ0v) is 12.6. The molecule has 0 heterocycles. The number of hydrogen-bond donors (Lipinski definition) is 6. The third-order valence-electron chi connectivity index (χ3n) is 3.60. The smallest absolute Gasteiger partial charge is 0.157 e. The highest BCUT2D eigenvalue weighted by Crippen LogP contribution is 2.29. The molecule has 7 nitrogen and oxygen atoms in total. The van der Waals surface area contributed by atoms with Gasteiger partial charge in [-0.3, -0.25) is 0 Å². The summed E-state index contributed by atoms with van der Waals surface area (Å²) in [4.78, 5) is 1.47. The Labute approximate surface area is 134 Å². The molecular weight excluding hydrogens is 296 g/mol. The van der Waals surface area contributed by atoms with E-state index >= 15 is 0 Å². The van der Waals surface area contributed by atoms with Crippen molar-refractivity contribution >= 4 is 22.7 Å². The highest BCUT2D eigenvalue weighted by atomic mass is 16.3. The van der Waals surface area contributed by atoms with Gasteiger partial charge in [0.15, 0.2) is 6.23 Å². The van der Waals surface area contributed by atoms with Crippen molar-refractivity contribution in [2.45, 2.75) is 12.3 Å². The molecule has 2 rings (SSSR count). The molecule has 2 aromatic rings. The highest BCUT2D eigenvalue weighted by Gasteiger charge is 2.27. The van der Waals surface area contributed by atoms with Gasteiger partial charge in [-0.2, -0.15) is 0 Å². The lowest BCUT2D eigenvalue weighted by Crippen LogP contribution is -2.41. The Kier molecular flexibility index (Phi) is 5.28. The molecule has 0 fully saturated rings. The van der Waals surface area contributed by atoms with Gasteiger partial charge in [-0.25, -0.2) is 0 Å². The minimum absolute atomic E-state index is 0.129. The van der Waals surface area contributed by atoms with Crippen molar-refractivity contribution in [3.05, 3.63) is 48.0 Å². The van der Waals surface area contributed by atoms with Crippen LogP contribution in [0.15, 0.2) is 42.5 Å². The van der Waals surface area contributed by atoms with Crippen LogP contribution in [0.3, 0.4) is 0 Å². The van der Waals surface area contributed by atoms with Gasteiger partial charge in [0.1, 0.15) is 6.10 Å². The van der Waals surface area contributed by atoms with Crippen molar-refractivity contribution in [2.24, 2.45) is 0 Å². The molecule has 0 radical (unpaired) electrons. The summed E-state index contributed by atoms with van der Waals surface area (Å²) in [6.07, 6.45) is -2.60. The highest BCUT2D eigenvalue weighted by molar-refractivity contribution is 5.58. The zero-order chi connectivity index (χ0) is 17.0. The number of nitrogen functional groups attached to an aromatic ring is 3. The van der Waals surface area contributed by atoms with E-state index in [4.69, 9.17) is 17.2 Å². The van der Waals surface area contributed by atoms with Crippen molar-refractivity contribution in [3.8, 4) is 0 Å². The van der Waals surface area contributed by atoms with Crippen LogP contribution in [-0.4, -0.2) is 34.7 Å². The van der Waals surface area contributed by atoms with E-state index in [1.54, 1.807) is 36.4 Å². The number of nitrogens with two attached hydrogens (primary N) is 3. The largest absolute Gasteiger partial charge is 0.399 e. The Bertz CT molecular complexity index is 648. The molecule has 7 heteroatoms. The Hall–Kier alpha value is -2.48. The van der Waals surface area contributed by atoms with Gasteiger partial charge < -0.3 is 37.4 Å². The van der Waals surface area contributed by atoms with Crippen LogP contribution in [0.5, 0.6) is 0 Å². The number of benzene rings is 2. The first kappa shape index (κ1) is 16.9. The summed E-state index contributed by atoms with van der Waals surface area (Å²) < 4.78 is 0. The molecule has 2 aromatic carbocycles. The summed E-state index contributed by atoms with van der Waals surface area (Å²) in [5, 5.41) is 30.3. The molecule has 0 bridgehead atoms. The maximum absolute atomic E-state index is 10.5. The van der Waals surface area contributed by atoms with Gasteiger partial charge >= 0.3 is 0 Å². The molecule has 9 N–H and O–H groups in total. The number of anilines is 4. The fraction of sp³-hybridized carbons (Fsp3) is 0.250. The van der Waals surface area contributed by atoms with E-state index in [0.29, 0.717) is 28.3 Å². The van der Waals surface area contributed by atoms with E-state index in [1.807, 2.05) is 0 Å². The molecule has 2 atom stereocenters. The number of nitrogens with zero attached hydrogens (tertiary/aromatic N) is 1. The Balaban J connectivity index is 2.31. The van der Waals surface area contributed by atoms with E-state index in [-0.39, 0.29) is 13.2 Å². The molecule has 0 saturated heterocycles. The van der Waals surface area contributed by atoms with Crippen LogP contribution in [0.25, 0.3) is 0 Å². The first-order chi connectivity index (χ1) is 10.9. The number of aliphatic hydroxyl groups excluding tert-OH is 3. The molecule has 0 aliphatic carbocycles. The quantitative estimate of drug-likeness (QED) is 0.332. The van der Waals surface area contributed by atoms with Gasteiger partial charge in [0.25, 0.3) is 0 Å². The fourth-order valence-corrected chi connectivity index (χ4v) is 2.37. The number of aliphatic hydroxyl groups is 3. The lowest BCUT2D eigenvalue weighted by molar-refractivity contribution is 0.0152. The molecule has 124 valence electrons. The molecule has 0 saturated carbocycles. The molecule has 23 heavy (non-hydrogen) atoms. The molecular formula is C16H22N4O3. The lowest BCUT2D eigenvalue weighted by atomic mass is 10.0. The molecule has 0 aromatic heterocycles. The first-order valence-corrected chi connectivity index (χ1v) is 7.18. The van der Waals surface area contributed by atoms with Gasteiger partial charge in [0.2, 0.25) is 0 Å². The van der Waals surface area contributed by atoms with Gasteiger partial charge in [-0.15, -0.1) is 0 Å². The van der Waals surface area contributed by atoms with E-state index < -0.39 is 12.3 Å². The van der Waals surface area contributed by atoms with Crippen LogP contribution in [0.4, 0.5) is 22.7 Å². The lowest BCUT2D eigenvalue weighted by Gasteiger charge is -2.33. The van der Waals surface area contributed by atoms with Crippen LogP contribution < -0.4 is 22.1 Å². The molecule has 0 aliphatic heterocycles. The van der Waals surface area contributed by atoms with E-state index in [1.165, 1.54) is 11.0 Å². The summed E-state index contributed by atoms with van der Waals surface area (Å²) in [7, 11) is 0. The maximum atomic E-state index is 10.5. The van der Waals surface area contributed by atoms with E-state index in [2.05, 4.69) is 0 Å². The second kappa shape index (κ2) is 7.19. The van der Waals surface area contributed by atoms with Crippen molar-refractivity contribution in [1.29, 1.82) is 0 Å². The Morgan fingerprint density at radius 1 is 0.913 bits per heavy atom. The summed E-state index contributed by atoms with van der Waals surface area (Å²) in [6.45, 7) is -0.0646. The van der Waals surface area contributed by atoms with Crippen LogP contribution in [0.1, 0.15) is 11.7 Å². The SMILES string of the molecule is Nc1ccc(N(CCO)C(O)C(O)c2cc(N)ccc2N)cc1. The van der Waals surface area contributed by atoms with E-state index in [9.17, 15) is 15.3 Å². The zero-order valence-electron chi connectivity index (χ0n) is 12.6. The molecule has 0 aliphatic rings. The Morgan fingerprint density at radius 2 is 1.52 bits per heavy atom. The minimum Gasteiger partial charge on any atom is -0.399 e. The normalized spacial score (nSPS) is 13.5. The van der Waals surface area contributed by atoms with Crippen molar-refractivity contribution in [2.75, 3.05) is 35.3 Å². The third-order valence-corrected chi connectivity index (χ3v) is 3.60.